The van der Waals surface area contributed by atoms with Crippen LogP contribution in [-0.2, 0) is 20.8 Å². The van der Waals surface area contributed by atoms with Gasteiger partial charge in [-0.1, -0.05) is 0 Å². The van der Waals surface area contributed by atoms with Gasteiger partial charge in [0.2, 0.25) is 0 Å². The molecule has 0 saturated heterocycles. The highest BCUT2D eigenvalue weighted by atomic mass is 16.6. The summed E-state index contributed by atoms with van der Waals surface area (Å²) >= 11 is 0. The number of aliphatic hydroxyl groups excluding tert-OH is 1. The molecule has 1 aromatic rings. The molecule has 8 heteroatoms. The highest BCUT2D eigenvalue weighted by molar-refractivity contribution is 5.67. The Labute approximate surface area is 116 Å². The second kappa shape index (κ2) is 8.16. The average molecular weight is 285 g/mol. The van der Waals surface area contributed by atoms with E-state index < -0.39 is 18.3 Å². The van der Waals surface area contributed by atoms with Crippen molar-refractivity contribution in [3.63, 3.8) is 0 Å². The maximum Gasteiger partial charge on any atom is 0.407 e. The van der Waals surface area contributed by atoms with Crippen molar-refractivity contribution in [1.82, 2.24) is 14.9 Å². The van der Waals surface area contributed by atoms with Crippen LogP contribution >= 0.6 is 0 Å². The molecule has 1 unspecified atom stereocenters. The lowest BCUT2D eigenvalue weighted by atomic mass is 10.1. The molecule has 0 spiro atoms. The first-order valence-electron chi connectivity index (χ1n) is 6.18. The number of nitrogens with zero attached hydrogens (tertiary/aromatic N) is 2. The van der Waals surface area contributed by atoms with Crippen LogP contribution < -0.4 is 5.32 Å². The number of carbonyl (C=O) groups excluding carboxylic acids is 2. The van der Waals surface area contributed by atoms with Crippen molar-refractivity contribution in [2.24, 2.45) is 0 Å². The van der Waals surface area contributed by atoms with Crippen molar-refractivity contribution in [2.45, 2.75) is 25.5 Å². The summed E-state index contributed by atoms with van der Waals surface area (Å²) in [5.41, 5.74) is -1.24. The molecule has 1 amide bonds. The van der Waals surface area contributed by atoms with Crippen molar-refractivity contribution >= 4 is 12.6 Å². The van der Waals surface area contributed by atoms with E-state index in [0.29, 0.717) is 13.0 Å². The van der Waals surface area contributed by atoms with E-state index in [-0.39, 0.29) is 13.1 Å². The van der Waals surface area contributed by atoms with Gasteiger partial charge in [-0.15, -0.1) is 0 Å². The van der Waals surface area contributed by atoms with Crippen molar-refractivity contribution in [3.05, 3.63) is 18.7 Å². The first-order valence-corrected chi connectivity index (χ1v) is 6.18. The number of carbonyl (C=O) groups is 2. The Morgan fingerprint density at radius 2 is 2.40 bits per heavy atom. The summed E-state index contributed by atoms with van der Waals surface area (Å²) in [6.07, 6.45) is 5.25. The molecule has 0 aliphatic heterocycles. The minimum absolute atomic E-state index is 0.199. The lowest BCUT2D eigenvalue weighted by Crippen LogP contribution is -2.43. The average Bonchev–Trinajstić information content (AvgIpc) is 2.94. The maximum absolute atomic E-state index is 11.5. The van der Waals surface area contributed by atoms with E-state index in [1.165, 1.54) is 6.92 Å². The molecule has 20 heavy (non-hydrogen) atoms. The van der Waals surface area contributed by atoms with Gasteiger partial charge in [0, 0.05) is 25.5 Å². The number of imidazole rings is 1. The predicted octanol–water partition coefficient (Wildman–Crippen LogP) is -0.0766. The number of hydrogen-bond donors (Lipinski definition) is 2. The van der Waals surface area contributed by atoms with Gasteiger partial charge in [-0.2, -0.15) is 0 Å². The number of aliphatic hydroxyl groups is 1. The Morgan fingerprint density at radius 1 is 1.60 bits per heavy atom. The summed E-state index contributed by atoms with van der Waals surface area (Å²) in [6.45, 7) is 2.22. The molecule has 0 bridgehead atoms. The minimum atomic E-state index is -1.24. The summed E-state index contributed by atoms with van der Waals surface area (Å²) in [4.78, 5) is 25.5. The summed E-state index contributed by atoms with van der Waals surface area (Å²) in [6, 6.07) is 0. The number of ether oxygens (including phenoxy) is 2. The molecule has 0 aliphatic rings. The minimum Gasteiger partial charge on any atom is -0.464 e. The lowest BCUT2D eigenvalue weighted by molar-refractivity contribution is -0.138. The summed E-state index contributed by atoms with van der Waals surface area (Å²) in [7, 11) is 0. The van der Waals surface area contributed by atoms with Gasteiger partial charge in [0.1, 0.15) is 6.61 Å². The number of aromatic nitrogens is 2. The van der Waals surface area contributed by atoms with E-state index in [2.05, 4.69) is 15.0 Å². The van der Waals surface area contributed by atoms with Crippen LogP contribution in [0.1, 0.15) is 13.3 Å². The maximum atomic E-state index is 11.5. The largest absolute Gasteiger partial charge is 0.464 e. The quantitative estimate of drug-likeness (QED) is 0.486. The second-order valence-electron chi connectivity index (χ2n) is 4.49. The van der Waals surface area contributed by atoms with Gasteiger partial charge in [0.25, 0.3) is 6.47 Å². The van der Waals surface area contributed by atoms with E-state index in [9.17, 15) is 9.59 Å². The number of rotatable bonds is 9. The molecule has 8 nitrogen and oxygen atoms in total. The molecule has 0 fully saturated rings. The molecule has 1 rings (SSSR count). The number of aryl methyl sites for hydroxylation is 1. The van der Waals surface area contributed by atoms with Crippen LogP contribution in [0.3, 0.4) is 0 Å². The fourth-order valence-electron chi connectivity index (χ4n) is 1.45. The number of amides is 1. The molecule has 0 aromatic carbocycles. The number of alkyl carbamates (subject to hydrolysis) is 1. The van der Waals surface area contributed by atoms with Crippen LogP contribution in [-0.4, -0.2) is 52.6 Å². The lowest BCUT2D eigenvalue weighted by Gasteiger charge is -2.26. The fourth-order valence-corrected chi connectivity index (χ4v) is 1.45. The first-order chi connectivity index (χ1) is 9.59. The van der Waals surface area contributed by atoms with E-state index in [1.807, 2.05) is 10.8 Å². The molecule has 2 N–H and O–H groups in total. The second-order valence-corrected chi connectivity index (χ2v) is 4.49. The van der Waals surface area contributed by atoms with Gasteiger partial charge in [0.05, 0.1) is 12.9 Å². The topological polar surface area (TPSA) is 103 Å². The van der Waals surface area contributed by atoms with E-state index in [1.54, 1.807) is 12.5 Å². The fraction of sp³-hybridized carbons (Fsp3) is 0.583. The molecule has 112 valence electrons. The van der Waals surface area contributed by atoms with Crippen LogP contribution in [0.4, 0.5) is 4.79 Å². The SMILES string of the molecule is CC(CO)(COC=O)OC(=O)NCCCn1ccnc1. The summed E-state index contributed by atoms with van der Waals surface area (Å²) in [5, 5.41) is 11.7. The van der Waals surface area contributed by atoms with E-state index >= 15 is 0 Å². The Morgan fingerprint density at radius 3 is 3.00 bits per heavy atom. The van der Waals surface area contributed by atoms with Crippen molar-refractivity contribution in [2.75, 3.05) is 19.8 Å². The van der Waals surface area contributed by atoms with Crippen molar-refractivity contribution in [3.8, 4) is 0 Å². The third kappa shape index (κ3) is 5.70. The Bertz CT molecular complexity index is 409. The summed E-state index contributed by atoms with van der Waals surface area (Å²) in [5.74, 6) is 0. The zero-order valence-corrected chi connectivity index (χ0v) is 11.3. The highest BCUT2D eigenvalue weighted by Gasteiger charge is 2.29. The predicted molar refractivity (Wildman–Crippen MR) is 68.8 cm³/mol. The zero-order chi connectivity index (χ0) is 14.8. The molecular weight excluding hydrogens is 266 g/mol. The molecule has 1 heterocycles. The highest BCUT2D eigenvalue weighted by Crippen LogP contribution is 2.09. The van der Waals surface area contributed by atoms with Gasteiger partial charge in [-0.3, -0.25) is 4.79 Å². The first kappa shape index (κ1) is 16.0. The van der Waals surface area contributed by atoms with E-state index in [0.717, 1.165) is 6.54 Å². The third-order valence-electron chi connectivity index (χ3n) is 2.55. The van der Waals surface area contributed by atoms with Crippen LogP contribution in [0.2, 0.25) is 0 Å². The Hall–Kier alpha value is -2.09. The molecule has 0 radical (unpaired) electrons. The smallest absolute Gasteiger partial charge is 0.407 e. The van der Waals surface area contributed by atoms with Crippen LogP contribution in [0, 0.1) is 0 Å². The Kier molecular flexibility index (Phi) is 6.51. The molecule has 0 aliphatic carbocycles. The van der Waals surface area contributed by atoms with Crippen LogP contribution in [0.15, 0.2) is 18.7 Å². The number of hydrogen-bond acceptors (Lipinski definition) is 6. The van der Waals surface area contributed by atoms with Crippen molar-refractivity contribution in [1.29, 1.82) is 0 Å². The monoisotopic (exact) mass is 285 g/mol. The number of nitrogens with one attached hydrogen (secondary N) is 1. The molecule has 1 atom stereocenters. The van der Waals surface area contributed by atoms with Crippen LogP contribution in [0.25, 0.3) is 0 Å². The van der Waals surface area contributed by atoms with Crippen LogP contribution in [0.5, 0.6) is 0 Å². The van der Waals surface area contributed by atoms with Gasteiger partial charge in [0.15, 0.2) is 5.60 Å². The Balaban J connectivity index is 2.22. The summed E-state index contributed by atoms with van der Waals surface area (Å²) < 4.78 is 11.4. The standard InChI is InChI=1S/C12H19N3O5/c1-12(7-16,8-19-10-17)20-11(18)14-3-2-5-15-6-4-13-9-15/h4,6,9-10,16H,2-3,5,7-8H2,1H3,(H,14,18). The van der Waals surface area contributed by atoms with Gasteiger partial charge in [-0.05, 0) is 13.3 Å². The van der Waals surface area contributed by atoms with Gasteiger partial charge in [-0.25, -0.2) is 9.78 Å². The third-order valence-corrected chi connectivity index (χ3v) is 2.55. The normalized spacial score (nSPS) is 13.3. The molecule has 0 saturated carbocycles. The van der Waals surface area contributed by atoms with E-state index in [4.69, 9.17) is 9.84 Å². The zero-order valence-electron chi connectivity index (χ0n) is 11.3. The molecular formula is C12H19N3O5. The molecule has 1 aromatic heterocycles. The van der Waals surface area contributed by atoms with Crippen molar-refractivity contribution < 1.29 is 24.2 Å². The van der Waals surface area contributed by atoms with Gasteiger partial charge < -0.3 is 24.5 Å². The van der Waals surface area contributed by atoms with Gasteiger partial charge >= 0.3 is 6.09 Å².